The van der Waals surface area contributed by atoms with Gasteiger partial charge in [-0.3, -0.25) is 9.69 Å². The summed E-state index contributed by atoms with van der Waals surface area (Å²) >= 11 is 1.44. The van der Waals surface area contributed by atoms with Gasteiger partial charge in [-0.1, -0.05) is 47.7 Å². The van der Waals surface area contributed by atoms with E-state index >= 15 is 0 Å². The van der Waals surface area contributed by atoms with E-state index in [1.807, 2.05) is 6.92 Å². The second kappa shape index (κ2) is 7.98. The fourth-order valence-electron chi connectivity index (χ4n) is 2.45. The van der Waals surface area contributed by atoms with Crippen LogP contribution in [-0.2, 0) is 11.2 Å². The SMILES string of the molecule is C=CCN1C(=O)[C@@H](Cc2ccc(C)cc2)SC1=NN=Cc1ccco1. The molecule has 1 aromatic heterocycles. The molecule has 1 aliphatic heterocycles. The molecular formula is C19H19N3O2S. The topological polar surface area (TPSA) is 58.2 Å². The molecule has 128 valence electrons. The minimum Gasteiger partial charge on any atom is -0.463 e. The molecule has 0 bridgehead atoms. The van der Waals surface area contributed by atoms with Crippen molar-refractivity contribution < 1.29 is 9.21 Å². The third kappa shape index (κ3) is 4.28. The molecule has 6 heteroatoms. The molecule has 0 aliphatic carbocycles. The maximum absolute atomic E-state index is 12.7. The Labute approximate surface area is 151 Å². The number of benzene rings is 1. The number of hydrogen-bond donors (Lipinski definition) is 0. The van der Waals surface area contributed by atoms with Crippen LogP contribution in [0.25, 0.3) is 0 Å². The third-order valence-corrected chi connectivity index (χ3v) is 4.91. The summed E-state index contributed by atoms with van der Waals surface area (Å²) in [6.07, 6.45) is 5.46. The molecule has 2 aromatic rings. The zero-order chi connectivity index (χ0) is 17.6. The molecule has 1 aromatic carbocycles. The quantitative estimate of drug-likeness (QED) is 0.452. The van der Waals surface area contributed by atoms with Crippen molar-refractivity contribution in [3.05, 3.63) is 72.2 Å². The minimum atomic E-state index is -0.194. The highest BCUT2D eigenvalue weighted by atomic mass is 32.2. The van der Waals surface area contributed by atoms with Crippen LogP contribution in [0.2, 0.25) is 0 Å². The summed E-state index contributed by atoms with van der Waals surface area (Å²) in [6.45, 7) is 6.19. The lowest BCUT2D eigenvalue weighted by molar-refractivity contribution is -0.125. The van der Waals surface area contributed by atoms with E-state index in [0.29, 0.717) is 23.9 Å². The van der Waals surface area contributed by atoms with Crippen molar-refractivity contribution >= 4 is 29.1 Å². The second-order valence-corrected chi connectivity index (χ2v) is 6.85. The fraction of sp³-hybridized carbons (Fsp3) is 0.211. The van der Waals surface area contributed by atoms with Crippen LogP contribution in [0.1, 0.15) is 16.9 Å². The summed E-state index contributed by atoms with van der Waals surface area (Å²) in [6, 6.07) is 11.8. The van der Waals surface area contributed by atoms with Crippen molar-refractivity contribution in [1.82, 2.24) is 4.90 Å². The molecule has 0 unspecified atom stereocenters. The Morgan fingerprint density at radius 3 is 2.80 bits per heavy atom. The maximum atomic E-state index is 12.7. The number of rotatable bonds is 6. The average molecular weight is 353 g/mol. The van der Waals surface area contributed by atoms with E-state index in [2.05, 4.69) is 41.0 Å². The maximum Gasteiger partial charge on any atom is 0.242 e. The van der Waals surface area contributed by atoms with Gasteiger partial charge in [-0.05, 0) is 31.0 Å². The molecule has 1 fully saturated rings. The van der Waals surface area contributed by atoms with E-state index in [4.69, 9.17) is 4.42 Å². The molecule has 1 aliphatic rings. The van der Waals surface area contributed by atoms with Gasteiger partial charge < -0.3 is 4.42 Å². The van der Waals surface area contributed by atoms with Gasteiger partial charge in [-0.15, -0.1) is 11.7 Å². The number of carbonyl (C=O) groups is 1. The van der Waals surface area contributed by atoms with E-state index in [-0.39, 0.29) is 11.2 Å². The molecule has 1 atom stereocenters. The number of carbonyl (C=O) groups excluding carboxylic acids is 1. The first-order valence-corrected chi connectivity index (χ1v) is 8.84. The fourth-order valence-corrected chi connectivity index (χ4v) is 3.60. The predicted molar refractivity (Wildman–Crippen MR) is 102 cm³/mol. The van der Waals surface area contributed by atoms with E-state index < -0.39 is 0 Å². The first-order chi connectivity index (χ1) is 12.2. The molecule has 0 N–H and O–H groups in total. The monoisotopic (exact) mass is 353 g/mol. The zero-order valence-corrected chi connectivity index (χ0v) is 14.8. The van der Waals surface area contributed by atoms with Crippen molar-refractivity contribution in [2.75, 3.05) is 6.54 Å². The van der Waals surface area contributed by atoms with Gasteiger partial charge in [0.1, 0.15) is 5.76 Å². The predicted octanol–water partition coefficient (Wildman–Crippen LogP) is 3.65. The number of thioether (sulfide) groups is 1. The first kappa shape index (κ1) is 17.2. The highest BCUT2D eigenvalue weighted by Crippen LogP contribution is 2.30. The molecule has 3 rings (SSSR count). The molecular weight excluding hydrogens is 334 g/mol. The van der Waals surface area contributed by atoms with Crippen LogP contribution in [0.5, 0.6) is 0 Å². The third-order valence-electron chi connectivity index (χ3n) is 3.74. The number of amides is 1. The van der Waals surface area contributed by atoms with Gasteiger partial charge in [0.15, 0.2) is 5.17 Å². The highest BCUT2D eigenvalue weighted by molar-refractivity contribution is 8.15. The van der Waals surface area contributed by atoms with Gasteiger partial charge in [0.05, 0.1) is 17.7 Å². The van der Waals surface area contributed by atoms with Gasteiger partial charge in [0.25, 0.3) is 0 Å². The van der Waals surface area contributed by atoms with Crippen LogP contribution < -0.4 is 0 Å². The lowest BCUT2D eigenvalue weighted by Gasteiger charge is -2.12. The van der Waals surface area contributed by atoms with E-state index in [1.165, 1.54) is 23.5 Å². The van der Waals surface area contributed by atoms with Gasteiger partial charge >= 0.3 is 0 Å². The Morgan fingerprint density at radius 2 is 2.12 bits per heavy atom. The van der Waals surface area contributed by atoms with Crippen molar-refractivity contribution in [3.63, 3.8) is 0 Å². The minimum absolute atomic E-state index is 0.0393. The van der Waals surface area contributed by atoms with Crippen LogP contribution in [0.4, 0.5) is 0 Å². The molecule has 0 saturated carbocycles. The lowest BCUT2D eigenvalue weighted by Crippen LogP contribution is -2.32. The normalized spacial score (nSPS) is 19.2. The number of amidine groups is 1. The largest absolute Gasteiger partial charge is 0.463 e. The Balaban J connectivity index is 1.74. The first-order valence-electron chi connectivity index (χ1n) is 7.96. The number of furan rings is 1. The molecule has 5 nitrogen and oxygen atoms in total. The second-order valence-electron chi connectivity index (χ2n) is 5.68. The number of hydrogen-bond acceptors (Lipinski definition) is 5. The molecule has 1 amide bonds. The standard InChI is InChI=1S/C19H19N3O2S/c1-3-10-22-18(23)17(12-15-8-6-14(2)7-9-15)25-19(22)21-20-13-16-5-4-11-24-16/h3-9,11,13,17H,1,10,12H2,2H3/t17-/m1/s1. The summed E-state index contributed by atoms with van der Waals surface area (Å²) in [7, 11) is 0. The van der Waals surface area contributed by atoms with Crippen LogP contribution >= 0.6 is 11.8 Å². The van der Waals surface area contributed by atoms with Gasteiger partial charge in [0, 0.05) is 6.54 Å². The Hall–Kier alpha value is -2.60. The van der Waals surface area contributed by atoms with E-state index in [0.717, 1.165) is 5.56 Å². The molecule has 0 radical (unpaired) electrons. The van der Waals surface area contributed by atoms with E-state index in [9.17, 15) is 4.79 Å². The van der Waals surface area contributed by atoms with E-state index in [1.54, 1.807) is 29.4 Å². The summed E-state index contributed by atoms with van der Waals surface area (Å²) in [5.41, 5.74) is 2.34. The van der Waals surface area contributed by atoms with Gasteiger partial charge in [-0.2, -0.15) is 5.10 Å². The van der Waals surface area contributed by atoms with Crippen LogP contribution in [0.15, 0.2) is 69.9 Å². The molecule has 1 saturated heterocycles. The summed E-state index contributed by atoms with van der Waals surface area (Å²) in [5, 5.41) is 8.63. The highest BCUT2D eigenvalue weighted by Gasteiger charge is 2.37. The number of aryl methyl sites for hydroxylation is 1. The van der Waals surface area contributed by atoms with Crippen molar-refractivity contribution in [3.8, 4) is 0 Å². The number of nitrogens with zero attached hydrogens (tertiary/aromatic N) is 3. The summed E-state index contributed by atoms with van der Waals surface area (Å²) in [5.74, 6) is 0.655. The Morgan fingerprint density at radius 1 is 1.32 bits per heavy atom. The Kier molecular flexibility index (Phi) is 5.50. The lowest BCUT2D eigenvalue weighted by atomic mass is 10.1. The summed E-state index contributed by atoms with van der Waals surface area (Å²) < 4.78 is 5.18. The van der Waals surface area contributed by atoms with Crippen LogP contribution in [0, 0.1) is 6.92 Å². The Bertz CT molecular complexity index is 795. The molecule has 2 heterocycles. The van der Waals surface area contributed by atoms with Gasteiger partial charge in [-0.25, -0.2) is 0 Å². The van der Waals surface area contributed by atoms with Crippen LogP contribution in [-0.4, -0.2) is 34.0 Å². The van der Waals surface area contributed by atoms with Crippen molar-refractivity contribution in [1.29, 1.82) is 0 Å². The van der Waals surface area contributed by atoms with Crippen molar-refractivity contribution in [2.45, 2.75) is 18.6 Å². The van der Waals surface area contributed by atoms with Crippen LogP contribution in [0.3, 0.4) is 0 Å². The molecule has 25 heavy (non-hydrogen) atoms. The van der Waals surface area contributed by atoms with Crippen molar-refractivity contribution in [2.24, 2.45) is 10.2 Å². The van der Waals surface area contributed by atoms with Gasteiger partial charge in [0.2, 0.25) is 5.91 Å². The average Bonchev–Trinajstić information content (AvgIpc) is 3.21. The molecule has 0 spiro atoms. The summed E-state index contributed by atoms with van der Waals surface area (Å²) in [4.78, 5) is 14.3. The smallest absolute Gasteiger partial charge is 0.242 e. The zero-order valence-electron chi connectivity index (χ0n) is 14.0.